The normalized spacial score (nSPS) is 13.5. The Hall–Kier alpha value is -3.14. The van der Waals surface area contributed by atoms with E-state index in [2.05, 4.69) is 0 Å². The molecule has 0 aliphatic carbocycles. The molecule has 1 aliphatic rings. The molecule has 4 rings (SSSR count). The van der Waals surface area contributed by atoms with Crippen molar-refractivity contribution >= 4 is 28.2 Å². The molecule has 0 N–H and O–H groups in total. The first-order valence-electron chi connectivity index (χ1n) is 7.70. The van der Waals surface area contributed by atoms with Gasteiger partial charge < -0.3 is 9.64 Å². The van der Waals surface area contributed by atoms with Gasteiger partial charge in [0.2, 0.25) is 0 Å². The number of amides is 1. The number of Topliss-reactive ketones (excluding diaryl/α,β-unsaturated/α-hetero) is 1. The van der Waals surface area contributed by atoms with Gasteiger partial charge in [-0.1, -0.05) is 42.5 Å². The SMILES string of the molecule is COc1ccc2ccccc2c1CN1C(=O)C(=O)c2ccccc21. The molecule has 3 aromatic carbocycles. The lowest BCUT2D eigenvalue weighted by Gasteiger charge is -2.20. The number of nitrogens with zero attached hydrogens (tertiary/aromatic N) is 1. The van der Waals surface area contributed by atoms with Crippen LogP contribution in [0.2, 0.25) is 0 Å². The maximum absolute atomic E-state index is 12.4. The van der Waals surface area contributed by atoms with E-state index in [4.69, 9.17) is 4.74 Å². The lowest BCUT2D eigenvalue weighted by molar-refractivity contribution is -0.114. The van der Waals surface area contributed by atoms with Crippen molar-refractivity contribution in [2.75, 3.05) is 12.0 Å². The minimum Gasteiger partial charge on any atom is -0.496 e. The largest absolute Gasteiger partial charge is 0.496 e. The Morgan fingerprint density at radius 3 is 2.50 bits per heavy atom. The second kappa shape index (κ2) is 5.49. The molecule has 0 spiro atoms. The Bertz CT molecular complexity index is 978. The van der Waals surface area contributed by atoms with Crippen molar-refractivity contribution in [3.05, 3.63) is 71.8 Å². The molecule has 1 amide bonds. The third-order valence-electron chi connectivity index (χ3n) is 4.41. The van der Waals surface area contributed by atoms with E-state index in [0.717, 1.165) is 16.3 Å². The van der Waals surface area contributed by atoms with Crippen LogP contribution in [0, 0.1) is 0 Å². The van der Waals surface area contributed by atoms with E-state index in [-0.39, 0.29) is 0 Å². The molecule has 0 atom stereocenters. The summed E-state index contributed by atoms with van der Waals surface area (Å²) in [6, 6.07) is 18.9. The Balaban J connectivity index is 1.86. The monoisotopic (exact) mass is 317 g/mol. The number of hydrogen-bond donors (Lipinski definition) is 0. The Morgan fingerprint density at radius 2 is 1.67 bits per heavy atom. The van der Waals surface area contributed by atoms with Gasteiger partial charge in [0.1, 0.15) is 5.75 Å². The summed E-state index contributed by atoms with van der Waals surface area (Å²) in [7, 11) is 1.61. The van der Waals surface area contributed by atoms with Crippen LogP contribution in [0.25, 0.3) is 10.8 Å². The molecule has 0 radical (unpaired) electrons. The number of ketones is 1. The highest BCUT2D eigenvalue weighted by Gasteiger charge is 2.35. The van der Waals surface area contributed by atoms with E-state index in [0.29, 0.717) is 23.5 Å². The second-order valence-electron chi connectivity index (χ2n) is 5.71. The number of anilines is 1. The number of carbonyl (C=O) groups is 2. The molecule has 0 saturated carbocycles. The van der Waals surface area contributed by atoms with Crippen molar-refractivity contribution in [3.63, 3.8) is 0 Å². The maximum atomic E-state index is 12.4. The number of carbonyl (C=O) groups excluding carboxylic acids is 2. The summed E-state index contributed by atoms with van der Waals surface area (Å²) < 4.78 is 5.49. The van der Waals surface area contributed by atoms with Crippen LogP contribution < -0.4 is 9.64 Å². The Labute approximate surface area is 139 Å². The topological polar surface area (TPSA) is 46.6 Å². The quantitative estimate of drug-likeness (QED) is 0.694. The Morgan fingerprint density at radius 1 is 0.917 bits per heavy atom. The van der Waals surface area contributed by atoms with Crippen LogP contribution in [-0.2, 0) is 11.3 Å². The summed E-state index contributed by atoms with van der Waals surface area (Å²) in [4.78, 5) is 26.2. The second-order valence-corrected chi connectivity index (χ2v) is 5.71. The van der Waals surface area contributed by atoms with Crippen LogP contribution in [0.3, 0.4) is 0 Å². The van der Waals surface area contributed by atoms with Gasteiger partial charge in [0.25, 0.3) is 11.7 Å². The summed E-state index contributed by atoms with van der Waals surface area (Å²) in [6.07, 6.45) is 0. The zero-order chi connectivity index (χ0) is 16.7. The van der Waals surface area contributed by atoms with E-state index < -0.39 is 11.7 Å². The summed E-state index contributed by atoms with van der Waals surface area (Å²) in [5.41, 5.74) is 2.01. The lowest BCUT2D eigenvalue weighted by atomic mass is 10.0. The molecule has 0 saturated heterocycles. The first-order chi connectivity index (χ1) is 11.7. The molecule has 0 fully saturated rings. The molecule has 0 aromatic heterocycles. The van der Waals surface area contributed by atoms with Crippen LogP contribution in [0.15, 0.2) is 60.7 Å². The fourth-order valence-electron chi connectivity index (χ4n) is 3.23. The summed E-state index contributed by atoms with van der Waals surface area (Å²) >= 11 is 0. The average molecular weight is 317 g/mol. The zero-order valence-electron chi connectivity index (χ0n) is 13.2. The minimum absolute atomic E-state index is 0.298. The molecule has 4 heteroatoms. The molecule has 118 valence electrons. The van der Waals surface area contributed by atoms with Crippen molar-refractivity contribution in [1.29, 1.82) is 0 Å². The van der Waals surface area contributed by atoms with Gasteiger partial charge in [-0.25, -0.2) is 0 Å². The summed E-state index contributed by atoms with van der Waals surface area (Å²) in [5.74, 6) is -0.241. The predicted octanol–water partition coefficient (Wildman–Crippen LogP) is 3.58. The molecular formula is C20H15NO3. The number of para-hydroxylation sites is 1. The predicted molar refractivity (Wildman–Crippen MR) is 92.5 cm³/mol. The maximum Gasteiger partial charge on any atom is 0.299 e. The van der Waals surface area contributed by atoms with Gasteiger partial charge in [-0.15, -0.1) is 0 Å². The van der Waals surface area contributed by atoms with E-state index in [9.17, 15) is 9.59 Å². The van der Waals surface area contributed by atoms with Crippen molar-refractivity contribution in [1.82, 2.24) is 0 Å². The minimum atomic E-state index is -0.494. The summed E-state index contributed by atoms with van der Waals surface area (Å²) in [5, 5.41) is 2.08. The molecule has 4 nitrogen and oxygen atoms in total. The van der Waals surface area contributed by atoms with Crippen LogP contribution in [0.1, 0.15) is 15.9 Å². The standard InChI is InChI=1S/C20H15NO3/c1-24-18-11-10-13-6-2-3-7-14(13)16(18)12-21-17-9-5-4-8-15(17)19(22)20(21)23/h2-11H,12H2,1H3. The van der Waals surface area contributed by atoms with Crippen molar-refractivity contribution in [2.24, 2.45) is 0 Å². The van der Waals surface area contributed by atoms with E-state index in [1.807, 2.05) is 42.5 Å². The van der Waals surface area contributed by atoms with Gasteiger partial charge >= 0.3 is 0 Å². The molecule has 0 unspecified atom stereocenters. The van der Waals surface area contributed by atoms with E-state index in [1.54, 1.807) is 25.3 Å². The fourth-order valence-corrected chi connectivity index (χ4v) is 3.23. The van der Waals surface area contributed by atoms with Gasteiger partial charge in [0.05, 0.1) is 24.9 Å². The highest BCUT2D eigenvalue weighted by molar-refractivity contribution is 6.52. The van der Waals surface area contributed by atoms with Crippen molar-refractivity contribution in [2.45, 2.75) is 6.54 Å². The summed E-state index contributed by atoms with van der Waals surface area (Å²) in [6.45, 7) is 0.298. The molecular weight excluding hydrogens is 302 g/mol. The molecule has 24 heavy (non-hydrogen) atoms. The number of fused-ring (bicyclic) bond motifs is 2. The Kier molecular flexibility index (Phi) is 3.31. The van der Waals surface area contributed by atoms with Crippen LogP contribution in [-0.4, -0.2) is 18.8 Å². The van der Waals surface area contributed by atoms with Crippen molar-refractivity contribution in [3.8, 4) is 5.75 Å². The third kappa shape index (κ3) is 2.07. The van der Waals surface area contributed by atoms with Crippen LogP contribution in [0.4, 0.5) is 5.69 Å². The molecule has 3 aromatic rings. The first-order valence-corrected chi connectivity index (χ1v) is 7.70. The highest BCUT2D eigenvalue weighted by Crippen LogP contribution is 2.34. The van der Waals surface area contributed by atoms with Gasteiger partial charge in [-0.2, -0.15) is 0 Å². The fraction of sp³-hybridized carbons (Fsp3) is 0.100. The lowest BCUT2D eigenvalue weighted by Crippen LogP contribution is -2.29. The number of benzene rings is 3. The van der Waals surface area contributed by atoms with Crippen molar-refractivity contribution < 1.29 is 14.3 Å². The number of hydrogen-bond acceptors (Lipinski definition) is 3. The van der Waals surface area contributed by atoms with Gasteiger partial charge in [-0.3, -0.25) is 9.59 Å². The first kappa shape index (κ1) is 14.5. The zero-order valence-corrected chi connectivity index (χ0v) is 13.2. The van der Waals surface area contributed by atoms with Gasteiger partial charge in [0.15, 0.2) is 0 Å². The van der Waals surface area contributed by atoms with E-state index in [1.165, 1.54) is 4.90 Å². The number of methoxy groups -OCH3 is 1. The average Bonchev–Trinajstić information content (AvgIpc) is 2.87. The van der Waals surface area contributed by atoms with Gasteiger partial charge in [0, 0.05) is 5.56 Å². The van der Waals surface area contributed by atoms with E-state index >= 15 is 0 Å². The van der Waals surface area contributed by atoms with Crippen LogP contribution >= 0.6 is 0 Å². The molecule has 1 aliphatic heterocycles. The smallest absolute Gasteiger partial charge is 0.299 e. The number of ether oxygens (including phenoxy) is 1. The number of rotatable bonds is 3. The molecule has 1 heterocycles. The van der Waals surface area contributed by atoms with Gasteiger partial charge in [-0.05, 0) is 29.0 Å². The van der Waals surface area contributed by atoms with Crippen LogP contribution in [0.5, 0.6) is 5.75 Å². The molecule has 0 bridgehead atoms. The third-order valence-corrected chi connectivity index (χ3v) is 4.41. The highest BCUT2D eigenvalue weighted by atomic mass is 16.5.